The van der Waals surface area contributed by atoms with Crippen LogP contribution in [-0.4, -0.2) is 13.7 Å². The SMILES string of the molecule is C/C=C1\CCCC[C@@H]1COC. The quantitative estimate of drug-likeness (QED) is 0.556. The molecule has 64 valence electrons. The van der Waals surface area contributed by atoms with Crippen LogP contribution in [0.25, 0.3) is 0 Å². The lowest BCUT2D eigenvalue weighted by atomic mass is 9.85. The average molecular weight is 154 g/mol. The highest BCUT2D eigenvalue weighted by Crippen LogP contribution is 2.29. The monoisotopic (exact) mass is 154 g/mol. The zero-order chi connectivity index (χ0) is 8.10. The molecule has 0 bridgehead atoms. The van der Waals surface area contributed by atoms with Crippen LogP contribution in [-0.2, 0) is 4.74 Å². The second-order valence-corrected chi connectivity index (χ2v) is 3.26. The van der Waals surface area contributed by atoms with Crippen LogP contribution in [0, 0.1) is 5.92 Å². The zero-order valence-electron chi connectivity index (χ0n) is 7.60. The molecule has 0 saturated heterocycles. The summed E-state index contributed by atoms with van der Waals surface area (Å²) in [4.78, 5) is 0. The van der Waals surface area contributed by atoms with E-state index < -0.39 is 0 Å². The fraction of sp³-hybridized carbons (Fsp3) is 0.800. The van der Waals surface area contributed by atoms with E-state index >= 15 is 0 Å². The molecule has 1 nitrogen and oxygen atoms in total. The number of allylic oxidation sites excluding steroid dienone is 1. The summed E-state index contributed by atoms with van der Waals surface area (Å²) in [5, 5.41) is 0. The second-order valence-electron chi connectivity index (χ2n) is 3.26. The summed E-state index contributed by atoms with van der Waals surface area (Å²) in [6.45, 7) is 3.06. The van der Waals surface area contributed by atoms with Gasteiger partial charge in [-0.2, -0.15) is 0 Å². The van der Waals surface area contributed by atoms with Gasteiger partial charge in [-0.3, -0.25) is 0 Å². The van der Waals surface area contributed by atoms with Gasteiger partial charge in [-0.05, 0) is 26.2 Å². The van der Waals surface area contributed by atoms with Crippen molar-refractivity contribution in [2.24, 2.45) is 5.92 Å². The summed E-state index contributed by atoms with van der Waals surface area (Å²) in [7, 11) is 1.79. The van der Waals surface area contributed by atoms with Crippen molar-refractivity contribution in [2.45, 2.75) is 32.6 Å². The Morgan fingerprint density at radius 2 is 2.36 bits per heavy atom. The van der Waals surface area contributed by atoms with Gasteiger partial charge >= 0.3 is 0 Å². The van der Waals surface area contributed by atoms with Crippen LogP contribution in [0.4, 0.5) is 0 Å². The fourth-order valence-electron chi connectivity index (χ4n) is 1.88. The molecule has 1 aliphatic carbocycles. The summed E-state index contributed by atoms with van der Waals surface area (Å²) < 4.78 is 5.17. The second kappa shape index (κ2) is 4.55. The molecule has 0 N–H and O–H groups in total. The standard InChI is InChI=1S/C10H18O/c1-3-9-6-4-5-7-10(9)8-11-2/h3,10H,4-8H2,1-2H3/b9-3+/t10-/m1/s1. The lowest BCUT2D eigenvalue weighted by Gasteiger charge is -2.24. The first-order chi connectivity index (χ1) is 5.38. The molecule has 1 heteroatoms. The lowest BCUT2D eigenvalue weighted by molar-refractivity contribution is 0.154. The largest absolute Gasteiger partial charge is 0.384 e. The smallest absolute Gasteiger partial charge is 0.0527 e. The van der Waals surface area contributed by atoms with Crippen molar-refractivity contribution in [3.8, 4) is 0 Å². The Labute approximate surface area is 69.4 Å². The average Bonchev–Trinajstić information content (AvgIpc) is 2.06. The van der Waals surface area contributed by atoms with Crippen molar-refractivity contribution in [1.82, 2.24) is 0 Å². The molecule has 0 aromatic rings. The first-order valence-electron chi connectivity index (χ1n) is 4.52. The molecule has 1 aliphatic rings. The van der Waals surface area contributed by atoms with Crippen LogP contribution in [0.2, 0.25) is 0 Å². The minimum absolute atomic E-state index is 0.721. The van der Waals surface area contributed by atoms with Crippen LogP contribution in [0.5, 0.6) is 0 Å². The van der Waals surface area contributed by atoms with E-state index in [4.69, 9.17) is 4.74 Å². The number of rotatable bonds is 2. The molecule has 1 atom stereocenters. The Morgan fingerprint density at radius 3 is 3.00 bits per heavy atom. The van der Waals surface area contributed by atoms with E-state index in [1.807, 2.05) is 0 Å². The Kier molecular flexibility index (Phi) is 3.64. The molecule has 0 radical (unpaired) electrons. The maximum absolute atomic E-state index is 5.17. The minimum Gasteiger partial charge on any atom is -0.384 e. The third-order valence-corrected chi connectivity index (χ3v) is 2.53. The summed E-state index contributed by atoms with van der Waals surface area (Å²) >= 11 is 0. The van der Waals surface area contributed by atoms with Gasteiger partial charge in [0.2, 0.25) is 0 Å². The molecule has 0 amide bonds. The molecular weight excluding hydrogens is 136 g/mol. The molecule has 0 aromatic heterocycles. The van der Waals surface area contributed by atoms with E-state index in [1.54, 1.807) is 12.7 Å². The van der Waals surface area contributed by atoms with E-state index in [1.165, 1.54) is 25.7 Å². The Balaban J connectivity index is 2.45. The molecule has 0 spiro atoms. The summed E-state index contributed by atoms with van der Waals surface area (Å²) in [5.41, 5.74) is 1.61. The molecule has 1 fully saturated rings. The summed E-state index contributed by atoms with van der Waals surface area (Å²) in [6, 6.07) is 0. The Morgan fingerprint density at radius 1 is 1.55 bits per heavy atom. The van der Waals surface area contributed by atoms with Gasteiger partial charge in [-0.15, -0.1) is 0 Å². The van der Waals surface area contributed by atoms with Crippen LogP contribution < -0.4 is 0 Å². The van der Waals surface area contributed by atoms with Crippen LogP contribution >= 0.6 is 0 Å². The van der Waals surface area contributed by atoms with Gasteiger partial charge in [-0.25, -0.2) is 0 Å². The molecule has 0 aromatic carbocycles. The predicted molar refractivity (Wildman–Crippen MR) is 47.6 cm³/mol. The summed E-state index contributed by atoms with van der Waals surface area (Å²) in [6.07, 6.45) is 7.64. The first kappa shape index (κ1) is 8.79. The molecule has 11 heavy (non-hydrogen) atoms. The van der Waals surface area contributed by atoms with E-state index in [0.717, 1.165) is 12.5 Å². The van der Waals surface area contributed by atoms with Gasteiger partial charge in [0.15, 0.2) is 0 Å². The van der Waals surface area contributed by atoms with Crippen molar-refractivity contribution < 1.29 is 4.74 Å². The number of hydrogen-bond acceptors (Lipinski definition) is 1. The highest BCUT2D eigenvalue weighted by molar-refractivity contribution is 5.07. The van der Waals surface area contributed by atoms with E-state index in [-0.39, 0.29) is 0 Å². The van der Waals surface area contributed by atoms with E-state index in [9.17, 15) is 0 Å². The van der Waals surface area contributed by atoms with Gasteiger partial charge < -0.3 is 4.74 Å². The van der Waals surface area contributed by atoms with Crippen LogP contribution in [0.15, 0.2) is 11.6 Å². The van der Waals surface area contributed by atoms with Gasteiger partial charge in [-0.1, -0.05) is 18.1 Å². The van der Waals surface area contributed by atoms with Crippen LogP contribution in [0.1, 0.15) is 32.6 Å². The first-order valence-corrected chi connectivity index (χ1v) is 4.52. The number of ether oxygens (including phenoxy) is 1. The molecular formula is C10H18O. The third-order valence-electron chi connectivity index (χ3n) is 2.53. The predicted octanol–water partition coefficient (Wildman–Crippen LogP) is 2.77. The van der Waals surface area contributed by atoms with E-state index in [0.29, 0.717) is 0 Å². The lowest BCUT2D eigenvalue weighted by Crippen LogP contribution is -2.15. The minimum atomic E-state index is 0.721. The van der Waals surface area contributed by atoms with Gasteiger partial charge in [0.05, 0.1) is 6.61 Å². The van der Waals surface area contributed by atoms with Gasteiger partial charge in [0.1, 0.15) is 0 Å². The summed E-state index contributed by atoms with van der Waals surface area (Å²) in [5.74, 6) is 0.721. The van der Waals surface area contributed by atoms with E-state index in [2.05, 4.69) is 13.0 Å². The third kappa shape index (κ3) is 2.33. The maximum atomic E-state index is 5.17. The zero-order valence-corrected chi connectivity index (χ0v) is 7.60. The molecule has 0 heterocycles. The fourth-order valence-corrected chi connectivity index (χ4v) is 1.88. The molecule has 1 saturated carbocycles. The highest BCUT2D eigenvalue weighted by Gasteiger charge is 2.17. The van der Waals surface area contributed by atoms with Crippen molar-refractivity contribution in [3.63, 3.8) is 0 Å². The van der Waals surface area contributed by atoms with Crippen molar-refractivity contribution >= 4 is 0 Å². The number of methoxy groups -OCH3 is 1. The maximum Gasteiger partial charge on any atom is 0.0527 e. The molecule has 1 rings (SSSR count). The Bertz CT molecular complexity index is 136. The van der Waals surface area contributed by atoms with Crippen LogP contribution in [0.3, 0.4) is 0 Å². The topological polar surface area (TPSA) is 9.23 Å². The highest BCUT2D eigenvalue weighted by atomic mass is 16.5. The number of hydrogen-bond donors (Lipinski definition) is 0. The Hall–Kier alpha value is -0.300. The van der Waals surface area contributed by atoms with Crippen molar-refractivity contribution in [3.05, 3.63) is 11.6 Å². The van der Waals surface area contributed by atoms with Crippen molar-refractivity contribution in [1.29, 1.82) is 0 Å². The molecule has 0 aliphatic heterocycles. The molecule has 0 unspecified atom stereocenters. The van der Waals surface area contributed by atoms with Gasteiger partial charge in [0, 0.05) is 13.0 Å². The van der Waals surface area contributed by atoms with Crippen molar-refractivity contribution in [2.75, 3.05) is 13.7 Å². The normalized spacial score (nSPS) is 29.3. The van der Waals surface area contributed by atoms with Gasteiger partial charge in [0.25, 0.3) is 0 Å².